The number of pyridine rings is 1. The predicted octanol–water partition coefficient (Wildman–Crippen LogP) is 3.59. The van der Waals surface area contributed by atoms with Crippen LogP contribution in [0.1, 0.15) is 23.2 Å². The fraction of sp³-hybridized carbons (Fsp3) is 0.333. The van der Waals surface area contributed by atoms with Gasteiger partial charge >= 0.3 is 0 Å². The van der Waals surface area contributed by atoms with Gasteiger partial charge in [0.25, 0.3) is 6.43 Å². The van der Waals surface area contributed by atoms with E-state index in [-0.39, 0.29) is 28.0 Å². The van der Waals surface area contributed by atoms with Gasteiger partial charge < -0.3 is 0 Å². The molecule has 0 saturated carbocycles. The lowest BCUT2D eigenvalue weighted by Crippen LogP contribution is -2.02. The van der Waals surface area contributed by atoms with Gasteiger partial charge in [0.15, 0.2) is 0 Å². The summed E-state index contributed by atoms with van der Waals surface area (Å²) in [5, 5.41) is 8.52. The molecule has 0 aliphatic heterocycles. The van der Waals surface area contributed by atoms with Gasteiger partial charge in [-0.1, -0.05) is 0 Å². The van der Waals surface area contributed by atoms with Crippen LogP contribution in [0.25, 0.3) is 0 Å². The smallest absolute Gasteiger partial charge is 0.244 e. The number of nitriles is 1. The molecule has 0 atom stereocenters. The minimum absolute atomic E-state index is 0.0266. The molecular weight excluding hydrogens is 289 g/mol. The summed E-state index contributed by atoms with van der Waals surface area (Å²) in [6, 6.07) is 3.09. The van der Waals surface area contributed by atoms with Crippen LogP contribution < -0.4 is 0 Å². The molecule has 0 N–H and O–H groups in total. The van der Waals surface area contributed by atoms with Crippen molar-refractivity contribution in [3.63, 3.8) is 0 Å². The van der Waals surface area contributed by atoms with E-state index in [1.807, 2.05) is 6.07 Å². The Bertz CT molecular complexity index is 404. The SMILES string of the molecule is N#CCc1nc(Br)cc(C(F)F)c1CCl. The third-order valence-corrected chi connectivity index (χ3v) is 2.50. The number of halogens is 4. The second kappa shape index (κ2) is 5.38. The Morgan fingerprint density at radius 3 is 2.73 bits per heavy atom. The zero-order valence-electron chi connectivity index (χ0n) is 7.48. The highest BCUT2D eigenvalue weighted by molar-refractivity contribution is 9.10. The van der Waals surface area contributed by atoms with Crippen molar-refractivity contribution in [2.24, 2.45) is 0 Å². The Morgan fingerprint density at radius 1 is 1.60 bits per heavy atom. The molecule has 1 heterocycles. The zero-order valence-corrected chi connectivity index (χ0v) is 9.82. The number of alkyl halides is 3. The number of hydrogen-bond donors (Lipinski definition) is 0. The molecule has 0 unspecified atom stereocenters. The molecular formula is C9H6BrClF2N2. The molecule has 1 aromatic heterocycles. The highest BCUT2D eigenvalue weighted by Gasteiger charge is 2.17. The summed E-state index contributed by atoms with van der Waals surface area (Å²) in [7, 11) is 0. The van der Waals surface area contributed by atoms with Crippen LogP contribution in [0.15, 0.2) is 10.7 Å². The van der Waals surface area contributed by atoms with Crippen LogP contribution in [0.5, 0.6) is 0 Å². The molecule has 0 bridgehead atoms. The molecule has 15 heavy (non-hydrogen) atoms. The van der Waals surface area contributed by atoms with E-state index >= 15 is 0 Å². The highest BCUT2D eigenvalue weighted by atomic mass is 79.9. The van der Waals surface area contributed by atoms with Gasteiger partial charge in [0.1, 0.15) is 4.60 Å². The summed E-state index contributed by atoms with van der Waals surface area (Å²) in [6.07, 6.45) is -2.64. The number of hydrogen-bond acceptors (Lipinski definition) is 2. The fourth-order valence-corrected chi connectivity index (χ4v) is 1.95. The monoisotopic (exact) mass is 294 g/mol. The summed E-state index contributed by atoms with van der Waals surface area (Å²) in [5.41, 5.74) is 0.380. The van der Waals surface area contributed by atoms with E-state index in [2.05, 4.69) is 20.9 Å². The lowest BCUT2D eigenvalue weighted by molar-refractivity contribution is 0.150. The van der Waals surface area contributed by atoms with Crippen LogP contribution in [0.2, 0.25) is 0 Å². The molecule has 0 aliphatic carbocycles. The first-order valence-corrected chi connectivity index (χ1v) is 5.32. The standard InChI is InChI=1S/C9H6BrClF2N2/c10-8-3-5(9(12)13)6(4-11)7(15-8)1-2-14/h3,9H,1,4H2. The molecule has 0 amide bonds. The maximum Gasteiger partial charge on any atom is 0.264 e. The van der Waals surface area contributed by atoms with E-state index in [1.54, 1.807) is 0 Å². The largest absolute Gasteiger partial charge is 0.264 e. The Morgan fingerprint density at radius 2 is 2.27 bits per heavy atom. The van der Waals surface area contributed by atoms with Crippen molar-refractivity contribution in [1.82, 2.24) is 4.98 Å². The van der Waals surface area contributed by atoms with Gasteiger partial charge in [-0.15, -0.1) is 11.6 Å². The third-order valence-electron chi connectivity index (χ3n) is 1.83. The Kier molecular flexibility index (Phi) is 4.43. The molecule has 0 radical (unpaired) electrons. The molecule has 0 aliphatic rings. The van der Waals surface area contributed by atoms with E-state index in [9.17, 15) is 8.78 Å². The first-order valence-electron chi connectivity index (χ1n) is 3.99. The van der Waals surface area contributed by atoms with Gasteiger partial charge in [-0.3, -0.25) is 0 Å². The summed E-state index contributed by atoms with van der Waals surface area (Å²) in [6.45, 7) is 0. The molecule has 2 nitrogen and oxygen atoms in total. The first kappa shape index (κ1) is 12.3. The molecule has 0 aromatic carbocycles. The number of aromatic nitrogens is 1. The van der Waals surface area contributed by atoms with Crippen LogP contribution in [0.3, 0.4) is 0 Å². The second-order valence-electron chi connectivity index (χ2n) is 2.73. The Labute approximate surface area is 99.0 Å². The molecule has 80 valence electrons. The fourth-order valence-electron chi connectivity index (χ4n) is 1.18. The van der Waals surface area contributed by atoms with E-state index < -0.39 is 6.43 Å². The van der Waals surface area contributed by atoms with E-state index in [4.69, 9.17) is 16.9 Å². The Balaban J connectivity index is 3.33. The molecule has 0 fully saturated rings. The Hall–Kier alpha value is -0.730. The van der Waals surface area contributed by atoms with E-state index in [0.717, 1.165) is 0 Å². The molecule has 0 spiro atoms. The highest BCUT2D eigenvalue weighted by Crippen LogP contribution is 2.28. The average Bonchev–Trinajstić information content (AvgIpc) is 2.17. The molecule has 6 heteroatoms. The van der Waals surface area contributed by atoms with Crippen molar-refractivity contribution in [3.05, 3.63) is 27.5 Å². The average molecular weight is 296 g/mol. The van der Waals surface area contributed by atoms with Gasteiger partial charge in [0, 0.05) is 11.4 Å². The topological polar surface area (TPSA) is 36.7 Å². The van der Waals surface area contributed by atoms with Crippen LogP contribution in [0, 0.1) is 11.3 Å². The number of rotatable bonds is 3. The third kappa shape index (κ3) is 2.86. The van der Waals surface area contributed by atoms with Crippen molar-refractivity contribution >= 4 is 27.5 Å². The van der Waals surface area contributed by atoms with Gasteiger partial charge in [0.05, 0.1) is 18.2 Å². The van der Waals surface area contributed by atoms with Crippen molar-refractivity contribution in [3.8, 4) is 6.07 Å². The molecule has 0 saturated heterocycles. The minimum Gasteiger partial charge on any atom is -0.244 e. The van der Waals surface area contributed by atoms with Crippen molar-refractivity contribution in [1.29, 1.82) is 5.26 Å². The van der Waals surface area contributed by atoms with Gasteiger partial charge in [0.2, 0.25) is 0 Å². The van der Waals surface area contributed by atoms with Gasteiger partial charge in [-0.2, -0.15) is 5.26 Å². The van der Waals surface area contributed by atoms with Crippen molar-refractivity contribution in [2.75, 3.05) is 0 Å². The summed E-state index contributed by atoms with van der Waals surface area (Å²) in [4.78, 5) is 3.95. The predicted molar refractivity (Wildman–Crippen MR) is 55.8 cm³/mol. The number of nitrogens with zero attached hydrogens (tertiary/aromatic N) is 2. The zero-order chi connectivity index (χ0) is 11.4. The maximum atomic E-state index is 12.6. The second-order valence-corrected chi connectivity index (χ2v) is 3.81. The summed E-state index contributed by atoms with van der Waals surface area (Å²) >= 11 is 8.59. The lowest BCUT2D eigenvalue weighted by Gasteiger charge is -2.10. The van der Waals surface area contributed by atoms with Crippen LogP contribution in [-0.4, -0.2) is 4.98 Å². The van der Waals surface area contributed by atoms with Crippen LogP contribution in [0.4, 0.5) is 8.78 Å². The maximum absolute atomic E-state index is 12.6. The summed E-state index contributed by atoms with van der Waals surface area (Å²) < 4.78 is 25.5. The molecule has 1 aromatic rings. The summed E-state index contributed by atoms with van der Waals surface area (Å²) in [5.74, 6) is -0.0725. The van der Waals surface area contributed by atoms with Crippen LogP contribution in [-0.2, 0) is 12.3 Å². The quantitative estimate of drug-likeness (QED) is 0.631. The normalized spacial score (nSPS) is 10.4. The van der Waals surface area contributed by atoms with Gasteiger partial charge in [-0.25, -0.2) is 13.8 Å². The van der Waals surface area contributed by atoms with Crippen LogP contribution >= 0.6 is 27.5 Å². The van der Waals surface area contributed by atoms with Gasteiger partial charge in [-0.05, 0) is 27.6 Å². The van der Waals surface area contributed by atoms with E-state index in [1.165, 1.54) is 6.07 Å². The minimum atomic E-state index is -2.62. The first-order chi connectivity index (χ1) is 7.10. The van der Waals surface area contributed by atoms with Crippen molar-refractivity contribution < 1.29 is 8.78 Å². The van der Waals surface area contributed by atoms with E-state index in [0.29, 0.717) is 5.69 Å². The van der Waals surface area contributed by atoms with Crippen molar-refractivity contribution in [2.45, 2.75) is 18.7 Å². The molecule has 1 rings (SSSR count). The lowest BCUT2D eigenvalue weighted by atomic mass is 10.1.